The third-order valence-corrected chi connectivity index (χ3v) is 5.11. The van der Waals surface area contributed by atoms with Crippen LogP contribution < -0.4 is 0 Å². The molecule has 3 heteroatoms. The summed E-state index contributed by atoms with van der Waals surface area (Å²) in [4.78, 5) is 23.2. The summed E-state index contributed by atoms with van der Waals surface area (Å²) in [6, 6.07) is 0. The Morgan fingerprint density at radius 1 is 1.29 bits per heavy atom. The van der Waals surface area contributed by atoms with Crippen molar-refractivity contribution in [2.24, 2.45) is 16.2 Å². The lowest BCUT2D eigenvalue weighted by molar-refractivity contribution is -0.154. The van der Waals surface area contributed by atoms with E-state index >= 15 is 0 Å². The molecule has 2 atom stereocenters. The summed E-state index contributed by atoms with van der Waals surface area (Å²) in [6.45, 7) is 5.78. The number of carbonyl (C=O) groups is 2. The molecular weight excluding hydrogens is 180 g/mol. The largest absolute Gasteiger partial charge is 0.481 e. The molecule has 0 heterocycles. The molecule has 78 valence electrons. The van der Waals surface area contributed by atoms with Crippen molar-refractivity contribution in [3.63, 3.8) is 0 Å². The van der Waals surface area contributed by atoms with Gasteiger partial charge in [0.05, 0.1) is 5.41 Å². The predicted octanol–water partition coefficient (Wildman–Crippen LogP) is 1.86. The van der Waals surface area contributed by atoms with Crippen LogP contribution >= 0.6 is 0 Å². The first-order chi connectivity index (χ1) is 6.28. The quantitative estimate of drug-likeness (QED) is 0.696. The van der Waals surface area contributed by atoms with E-state index in [0.717, 1.165) is 6.42 Å². The summed E-state index contributed by atoms with van der Waals surface area (Å²) in [5.74, 6) is -0.659. The van der Waals surface area contributed by atoms with E-state index in [1.54, 1.807) is 0 Å². The number of fused-ring (bicyclic) bond motifs is 2. The Hall–Kier alpha value is -0.860. The zero-order chi connectivity index (χ0) is 10.8. The Morgan fingerprint density at radius 3 is 2.07 bits per heavy atom. The van der Waals surface area contributed by atoms with Crippen LogP contribution in [0.25, 0.3) is 0 Å². The number of aliphatic carboxylic acids is 1. The minimum absolute atomic E-state index is 0.135. The summed E-state index contributed by atoms with van der Waals surface area (Å²) < 4.78 is 0. The molecule has 2 aliphatic rings. The van der Waals surface area contributed by atoms with Crippen molar-refractivity contribution in [2.75, 3.05) is 0 Å². The lowest BCUT2D eigenvalue weighted by atomic mass is 9.65. The highest BCUT2D eigenvalue weighted by atomic mass is 16.4. The van der Waals surface area contributed by atoms with Crippen LogP contribution in [0.2, 0.25) is 0 Å². The van der Waals surface area contributed by atoms with Crippen molar-refractivity contribution in [2.45, 2.75) is 40.0 Å². The molecule has 3 nitrogen and oxygen atoms in total. The van der Waals surface area contributed by atoms with E-state index in [0.29, 0.717) is 6.42 Å². The number of rotatable bonds is 1. The van der Waals surface area contributed by atoms with Gasteiger partial charge in [-0.05, 0) is 18.3 Å². The van der Waals surface area contributed by atoms with Gasteiger partial charge >= 0.3 is 5.97 Å². The second-order valence-corrected chi connectivity index (χ2v) is 5.44. The van der Waals surface area contributed by atoms with Crippen LogP contribution in [0.15, 0.2) is 0 Å². The lowest BCUT2D eigenvalue weighted by Gasteiger charge is -2.36. The van der Waals surface area contributed by atoms with Gasteiger partial charge in [0.15, 0.2) is 0 Å². The summed E-state index contributed by atoms with van der Waals surface area (Å²) >= 11 is 0. The van der Waals surface area contributed by atoms with Crippen molar-refractivity contribution in [3.05, 3.63) is 0 Å². The zero-order valence-electron chi connectivity index (χ0n) is 8.89. The lowest BCUT2D eigenvalue weighted by Crippen LogP contribution is -2.40. The Balaban J connectivity index is 2.60. The predicted molar refractivity (Wildman–Crippen MR) is 50.8 cm³/mol. The van der Waals surface area contributed by atoms with Gasteiger partial charge in [-0.25, -0.2) is 0 Å². The molecule has 0 unspecified atom stereocenters. The molecule has 2 fully saturated rings. The first-order valence-electron chi connectivity index (χ1n) is 5.05. The van der Waals surface area contributed by atoms with Crippen LogP contribution in [0.5, 0.6) is 0 Å². The van der Waals surface area contributed by atoms with Gasteiger partial charge in [0.2, 0.25) is 0 Å². The molecule has 0 aromatic heterocycles. The number of carboxylic acids is 1. The molecule has 0 aromatic rings. The van der Waals surface area contributed by atoms with Crippen molar-refractivity contribution in [3.8, 4) is 0 Å². The average Bonchev–Trinajstić information content (AvgIpc) is 2.34. The van der Waals surface area contributed by atoms with Crippen LogP contribution in [-0.4, -0.2) is 16.9 Å². The standard InChI is InChI=1S/C11H16O3/c1-9(2)10(3)4-5-11(9,8(13)14)6-7(10)12/h4-6H2,1-3H3,(H,13,14)/t10-,11+/m0/s1. The number of ketones is 1. The molecule has 0 amide bonds. The molecule has 14 heavy (non-hydrogen) atoms. The summed E-state index contributed by atoms with van der Waals surface area (Å²) in [5, 5.41) is 9.31. The van der Waals surface area contributed by atoms with Crippen LogP contribution in [0.4, 0.5) is 0 Å². The minimum atomic E-state index is -0.794. The fourth-order valence-corrected chi connectivity index (χ4v) is 3.33. The zero-order valence-corrected chi connectivity index (χ0v) is 8.89. The second kappa shape index (κ2) is 2.20. The Labute approximate surface area is 83.5 Å². The Morgan fingerprint density at radius 2 is 1.86 bits per heavy atom. The van der Waals surface area contributed by atoms with Crippen molar-refractivity contribution >= 4 is 11.8 Å². The van der Waals surface area contributed by atoms with Gasteiger partial charge in [-0.15, -0.1) is 0 Å². The summed E-state index contributed by atoms with van der Waals surface area (Å²) in [7, 11) is 0. The van der Waals surface area contributed by atoms with Crippen molar-refractivity contribution < 1.29 is 14.7 Å². The van der Waals surface area contributed by atoms with E-state index in [1.807, 2.05) is 20.8 Å². The maximum absolute atomic E-state index is 11.8. The SMILES string of the molecule is CC1(C)[C@]2(C(=O)O)CC[C@@]1(C)C(=O)C2. The number of hydrogen-bond acceptors (Lipinski definition) is 2. The van der Waals surface area contributed by atoms with Gasteiger partial charge in [-0.3, -0.25) is 9.59 Å². The van der Waals surface area contributed by atoms with E-state index in [1.165, 1.54) is 0 Å². The van der Waals surface area contributed by atoms with Gasteiger partial charge in [0, 0.05) is 11.8 Å². The van der Waals surface area contributed by atoms with E-state index in [4.69, 9.17) is 0 Å². The summed E-state index contributed by atoms with van der Waals surface area (Å²) in [6.07, 6.45) is 1.61. The van der Waals surface area contributed by atoms with E-state index < -0.39 is 22.2 Å². The number of hydrogen-bond donors (Lipinski definition) is 1. The maximum atomic E-state index is 11.8. The van der Waals surface area contributed by atoms with Gasteiger partial charge < -0.3 is 5.11 Å². The van der Waals surface area contributed by atoms with Crippen LogP contribution in [-0.2, 0) is 9.59 Å². The van der Waals surface area contributed by atoms with Crippen LogP contribution in [0.3, 0.4) is 0 Å². The monoisotopic (exact) mass is 196 g/mol. The highest BCUT2D eigenvalue weighted by molar-refractivity contribution is 5.97. The third kappa shape index (κ3) is 0.677. The minimum Gasteiger partial charge on any atom is -0.481 e. The van der Waals surface area contributed by atoms with Crippen LogP contribution in [0.1, 0.15) is 40.0 Å². The molecule has 2 rings (SSSR count). The average molecular weight is 196 g/mol. The molecule has 2 saturated carbocycles. The number of Topliss-reactive ketones (excluding diaryl/α,β-unsaturated/α-hetero) is 1. The first-order valence-corrected chi connectivity index (χ1v) is 5.05. The fourth-order valence-electron chi connectivity index (χ4n) is 3.33. The van der Waals surface area contributed by atoms with E-state index in [-0.39, 0.29) is 12.2 Å². The highest BCUT2D eigenvalue weighted by Crippen LogP contribution is 2.70. The Bertz CT molecular complexity index is 331. The van der Waals surface area contributed by atoms with E-state index in [9.17, 15) is 14.7 Å². The molecule has 2 bridgehead atoms. The molecule has 1 N–H and O–H groups in total. The molecular formula is C11H16O3. The highest BCUT2D eigenvalue weighted by Gasteiger charge is 2.72. The Kier molecular flexibility index (Phi) is 1.53. The molecule has 0 spiro atoms. The van der Waals surface area contributed by atoms with Gasteiger partial charge in [-0.1, -0.05) is 20.8 Å². The molecule has 0 saturated heterocycles. The topological polar surface area (TPSA) is 54.4 Å². The fraction of sp³-hybridized carbons (Fsp3) is 0.818. The molecule has 2 aliphatic carbocycles. The van der Waals surface area contributed by atoms with Crippen LogP contribution in [0, 0.1) is 16.2 Å². The number of carbonyl (C=O) groups excluding carboxylic acids is 1. The molecule has 0 radical (unpaired) electrons. The van der Waals surface area contributed by atoms with Gasteiger partial charge in [0.1, 0.15) is 5.78 Å². The van der Waals surface area contributed by atoms with Crippen molar-refractivity contribution in [1.29, 1.82) is 0 Å². The van der Waals surface area contributed by atoms with Gasteiger partial charge in [-0.2, -0.15) is 0 Å². The van der Waals surface area contributed by atoms with E-state index in [2.05, 4.69) is 0 Å². The summed E-state index contributed by atoms with van der Waals surface area (Å²) in [5.41, 5.74) is -1.60. The third-order valence-electron chi connectivity index (χ3n) is 5.11. The molecule has 0 aromatic carbocycles. The first kappa shape index (κ1) is 9.69. The smallest absolute Gasteiger partial charge is 0.310 e. The van der Waals surface area contributed by atoms with Crippen molar-refractivity contribution in [1.82, 2.24) is 0 Å². The normalized spacial score (nSPS) is 44.4. The van der Waals surface area contributed by atoms with Gasteiger partial charge in [0.25, 0.3) is 0 Å². The molecule has 0 aliphatic heterocycles. The number of carboxylic acid groups (broad SMARTS) is 1. The maximum Gasteiger partial charge on any atom is 0.310 e. The second-order valence-electron chi connectivity index (χ2n) is 5.44.